The molecule has 6 nitrogen and oxygen atoms in total. The van der Waals surface area contributed by atoms with Crippen LogP contribution < -0.4 is 10.5 Å². The minimum absolute atomic E-state index is 0.398. The minimum atomic E-state index is -0.597. The Kier molecular flexibility index (Phi) is 3.44. The zero-order chi connectivity index (χ0) is 14.0. The largest absolute Gasteiger partial charge is 0.495 e. The number of hydrogen-bond acceptors (Lipinski definition) is 6. The molecule has 6 heteroatoms. The van der Waals surface area contributed by atoms with E-state index in [-0.39, 0.29) is 0 Å². The summed E-state index contributed by atoms with van der Waals surface area (Å²) in [7, 11) is 3.17. The molecule has 0 fully saturated rings. The van der Waals surface area contributed by atoms with Crippen molar-refractivity contribution in [1.29, 1.82) is 0 Å². The number of methoxy groups -OCH3 is 2. The number of anilines is 1. The van der Waals surface area contributed by atoms with E-state index in [0.717, 1.165) is 5.56 Å². The van der Waals surface area contributed by atoms with Crippen LogP contribution in [0, 0.1) is 0 Å². The van der Waals surface area contributed by atoms with Gasteiger partial charge in [-0.05, 0) is 32.0 Å². The molecule has 1 heterocycles. The van der Waals surface area contributed by atoms with Crippen LogP contribution in [0.25, 0.3) is 11.5 Å². The van der Waals surface area contributed by atoms with E-state index in [4.69, 9.17) is 19.7 Å². The number of benzene rings is 1. The van der Waals surface area contributed by atoms with Gasteiger partial charge in [0.05, 0.1) is 12.8 Å². The van der Waals surface area contributed by atoms with Gasteiger partial charge in [0.25, 0.3) is 5.89 Å². The van der Waals surface area contributed by atoms with E-state index < -0.39 is 5.60 Å². The maximum absolute atomic E-state index is 5.85. The van der Waals surface area contributed by atoms with Crippen molar-refractivity contribution in [2.75, 3.05) is 20.0 Å². The lowest BCUT2D eigenvalue weighted by molar-refractivity contribution is 0.00973. The third-order valence-corrected chi connectivity index (χ3v) is 2.95. The third-order valence-electron chi connectivity index (χ3n) is 2.95. The molecular formula is C13H17N3O3. The van der Waals surface area contributed by atoms with Crippen molar-refractivity contribution in [2.24, 2.45) is 0 Å². The summed E-state index contributed by atoms with van der Waals surface area (Å²) < 4.78 is 15.6. The molecule has 0 radical (unpaired) electrons. The van der Waals surface area contributed by atoms with E-state index in [0.29, 0.717) is 23.2 Å². The summed E-state index contributed by atoms with van der Waals surface area (Å²) >= 11 is 0. The Hall–Kier alpha value is -2.08. The Morgan fingerprint density at radius 2 is 2.00 bits per heavy atom. The van der Waals surface area contributed by atoms with Gasteiger partial charge in [0.1, 0.15) is 11.4 Å². The molecule has 2 N–H and O–H groups in total. The fourth-order valence-electron chi connectivity index (χ4n) is 1.54. The number of rotatable bonds is 4. The second kappa shape index (κ2) is 4.89. The van der Waals surface area contributed by atoms with Gasteiger partial charge < -0.3 is 19.7 Å². The number of nitrogens with zero attached hydrogens (tertiary/aromatic N) is 2. The molecule has 0 saturated heterocycles. The van der Waals surface area contributed by atoms with Gasteiger partial charge in [-0.1, -0.05) is 5.16 Å². The molecule has 0 unspecified atom stereocenters. The minimum Gasteiger partial charge on any atom is -0.495 e. The summed E-state index contributed by atoms with van der Waals surface area (Å²) in [6, 6.07) is 5.30. The van der Waals surface area contributed by atoms with Gasteiger partial charge in [-0.3, -0.25) is 0 Å². The SMILES string of the molecule is COc1ccc(-c2nc(C(C)(C)OC)no2)cc1N. The average Bonchev–Trinajstić information content (AvgIpc) is 2.89. The van der Waals surface area contributed by atoms with E-state index >= 15 is 0 Å². The highest BCUT2D eigenvalue weighted by Gasteiger charge is 2.26. The molecule has 2 aromatic rings. The number of nitrogens with two attached hydrogens (primary N) is 1. The van der Waals surface area contributed by atoms with Crippen molar-refractivity contribution >= 4 is 5.69 Å². The van der Waals surface area contributed by atoms with E-state index in [9.17, 15) is 0 Å². The Bertz CT molecular complexity index is 578. The number of hydrogen-bond donors (Lipinski definition) is 1. The topological polar surface area (TPSA) is 83.4 Å². The highest BCUT2D eigenvalue weighted by molar-refractivity contribution is 5.65. The summed E-state index contributed by atoms with van der Waals surface area (Å²) in [6.45, 7) is 3.73. The summed E-state index contributed by atoms with van der Waals surface area (Å²) in [4.78, 5) is 4.32. The molecule has 0 amide bonds. The molecule has 1 aromatic carbocycles. The van der Waals surface area contributed by atoms with Crippen LogP contribution in [-0.2, 0) is 10.3 Å². The Morgan fingerprint density at radius 1 is 1.26 bits per heavy atom. The molecule has 0 aliphatic carbocycles. The molecule has 2 rings (SSSR count). The lowest BCUT2D eigenvalue weighted by atomic mass is 10.1. The highest BCUT2D eigenvalue weighted by Crippen LogP contribution is 2.29. The van der Waals surface area contributed by atoms with Crippen molar-refractivity contribution in [1.82, 2.24) is 10.1 Å². The second-order valence-electron chi connectivity index (χ2n) is 4.59. The first kappa shape index (κ1) is 13.4. The predicted molar refractivity (Wildman–Crippen MR) is 70.7 cm³/mol. The van der Waals surface area contributed by atoms with Crippen LogP contribution in [0.4, 0.5) is 5.69 Å². The quantitative estimate of drug-likeness (QED) is 0.851. The lowest BCUT2D eigenvalue weighted by Crippen LogP contribution is -2.21. The van der Waals surface area contributed by atoms with Crippen molar-refractivity contribution < 1.29 is 14.0 Å². The first-order valence-electron chi connectivity index (χ1n) is 5.81. The van der Waals surface area contributed by atoms with Crippen LogP contribution in [0.3, 0.4) is 0 Å². The first-order valence-corrected chi connectivity index (χ1v) is 5.81. The van der Waals surface area contributed by atoms with Crippen molar-refractivity contribution in [3.63, 3.8) is 0 Å². The summed E-state index contributed by atoms with van der Waals surface area (Å²) in [5, 5.41) is 3.92. The summed E-state index contributed by atoms with van der Waals surface area (Å²) in [6.07, 6.45) is 0. The van der Waals surface area contributed by atoms with Crippen LogP contribution in [0.1, 0.15) is 19.7 Å². The predicted octanol–water partition coefficient (Wildman–Crippen LogP) is 2.21. The van der Waals surface area contributed by atoms with Gasteiger partial charge in [0.15, 0.2) is 0 Å². The van der Waals surface area contributed by atoms with Crippen LogP contribution in [0.15, 0.2) is 22.7 Å². The smallest absolute Gasteiger partial charge is 0.258 e. The summed E-state index contributed by atoms with van der Waals surface area (Å²) in [5.41, 5.74) is 6.51. The molecule has 0 aliphatic rings. The lowest BCUT2D eigenvalue weighted by Gasteiger charge is -2.17. The maximum atomic E-state index is 5.85. The monoisotopic (exact) mass is 263 g/mol. The zero-order valence-electron chi connectivity index (χ0n) is 11.4. The molecular weight excluding hydrogens is 246 g/mol. The third kappa shape index (κ3) is 2.53. The Balaban J connectivity index is 2.36. The first-order chi connectivity index (χ1) is 8.97. The van der Waals surface area contributed by atoms with E-state index in [1.165, 1.54) is 0 Å². The molecule has 0 spiro atoms. The fraction of sp³-hybridized carbons (Fsp3) is 0.385. The van der Waals surface area contributed by atoms with Crippen LogP contribution in [-0.4, -0.2) is 24.4 Å². The van der Waals surface area contributed by atoms with Crippen molar-refractivity contribution in [3.05, 3.63) is 24.0 Å². The molecule has 0 atom stereocenters. The molecule has 0 bridgehead atoms. The van der Waals surface area contributed by atoms with E-state index in [1.54, 1.807) is 26.4 Å². The second-order valence-corrected chi connectivity index (χ2v) is 4.59. The van der Waals surface area contributed by atoms with Crippen LogP contribution >= 0.6 is 0 Å². The average molecular weight is 263 g/mol. The Morgan fingerprint density at radius 3 is 2.58 bits per heavy atom. The van der Waals surface area contributed by atoms with Gasteiger partial charge in [0.2, 0.25) is 5.82 Å². The van der Waals surface area contributed by atoms with Crippen LogP contribution in [0.2, 0.25) is 0 Å². The molecule has 102 valence electrons. The molecule has 1 aromatic heterocycles. The van der Waals surface area contributed by atoms with Gasteiger partial charge in [0, 0.05) is 12.7 Å². The standard InChI is InChI=1S/C13H17N3O3/c1-13(2,18-4)12-15-11(19-16-12)8-5-6-10(17-3)9(14)7-8/h5-7H,14H2,1-4H3. The summed E-state index contributed by atoms with van der Waals surface area (Å²) in [5.74, 6) is 1.49. The number of ether oxygens (including phenoxy) is 2. The zero-order valence-corrected chi connectivity index (χ0v) is 11.4. The van der Waals surface area contributed by atoms with Crippen molar-refractivity contribution in [3.8, 4) is 17.2 Å². The molecule has 19 heavy (non-hydrogen) atoms. The molecule has 0 aliphatic heterocycles. The van der Waals surface area contributed by atoms with Gasteiger partial charge in [-0.25, -0.2) is 0 Å². The molecule has 0 saturated carbocycles. The highest BCUT2D eigenvalue weighted by atomic mass is 16.5. The Labute approximate surface area is 111 Å². The van der Waals surface area contributed by atoms with E-state index in [1.807, 2.05) is 19.9 Å². The van der Waals surface area contributed by atoms with Gasteiger partial charge in [-0.15, -0.1) is 0 Å². The fourth-order valence-corrected chi connectivity index (χ4v) is 1.54. The van der Waals surface area contributed by atoms with Crippen molar-refractivity contribution in [2.45, 2.75) is 19.4 Å². The maximum Gasteiger partial charge on any atom is 0.258 e. The van der Waals surface area contributed by atoms with Gasteiger partial charge >= 0.3 is 0 Å². The van der Waals surface area contributed by atoms with E-state index in [2.05, 4.69) is 10.1 Å². The number of nitrogen functional groups attached to an aromatic ring is 1. The number of aromatic nitrogens is 2. The normalized spacial score (nSPS) is 11.6. The van der Waals surface area contributed by atoms with Gasteiger partial charge in [-0.2, -0.15) is 4.98 Å². The van der Waals surface area contributed by atoms with Crippen LogP contribution in [0.5, 0.6) is 5.75 Å².